The molecule has 1 spiro atoms. The highest BCUT2D eigenvalue weighted by molar-refractivity contribution is 7.19. The van der Waals surface area contributed by atoms with E-state index < -0.39 is 5.41 Å². The zero-order chi connectivity index (χ0) is 54.1. The van der Waals surface area contributed by atoms with E-state index in [1.54, 1.807) is 0 Å². The standard InChI is InChI=1S/C79H52N2S/c1-5-22-53(23-6-1)55-42-46-61(47-43-55)80(71-39-19-32-57-26-13-15-34-64(57)71)63-50-51-67-70(52-63)79(68-37-18-17-36-66(68)75-76(79)78(60-30-11-4-12-31-60)82-77(75)59-28-9-3-10-29-59)69-38-21-41-73(74(67)69)81(72-40-20-33-58-27-14-16-35-65(58)72)62-48-44-56(45-49-62)54-24-7-2-8-25-54/h1-52H. The van der Waals surface area contributed by atoms with Crippen LogP contribution in [0.2, 0.25) is 0 Å². The summed E-state index contributed by atoms with van der Waals surface area (Å²) >= 11 is 1.93. The van der Waals surface area contributed by atoms with Gasteiger partial charge in [-0.1, -0.05) is 261 Å². The molecule has 0 saturated heterocycles. The Morgan fingerprint density at radius 2 is 0.671 bits per heavy atom. The van der Waals surface area contributed by atoms with Crippen molar-refractivity contribution in [3.63, 3.8) is 0 Å². The van der Waals surface area contributed by atoms with Crippen LogP contribution < -0.4 is 9.80 Å². The predicted octanol–water partition coefficient (Wildman–Crippen LogP) is 22.0. The molecule has 2 aliphatic carbocycles. The normalized spacial score (nSPS) is 13.7. The molecule has 16 rings (SSSR count). The summed E-state index contributed by atoms with van der Waals surface area (Å²) in [5.74, 6) is 0. The maximum absolute atomic E-state index is 2.56. The zero-order valence-electron chi connectivity index (χ0n) is 44.8. The fourth-order valence-electron chi connectivity index (χ4n) is 13.5. The first-order chi connectivity index (χ1) is 40.7. The Kier molecular flexibility index (Phi) is 11.3. The molecule has 1 aromatic heterocycles. The quantitative estimate of drug-likeness (QED) is 0.135. The number of benzene rings is 13. The second-order valence-electron chi connectivity index (χ2n) is 21.5. The van der Waals surface area contributed by atoms with E-state index in [4.69, 9.17) is 0 Å². The minimum atomic E-state index is -0.750. The average Bonchev–Trinajstić information content (AvgIpc) is 2.84. The van der Waals surface area contributed by atoms with Gasteiger partial charge in [0.1, 0.15) is 0 Å². The monoisotopic (exact) mass is 1060 g/mol. The summed E-state index contributed by atoms with van der Waals surface area (Å²) in [5.41, 5.74) is 23.3. The number of rotatable bonds is 10. The van der Waals surface area contributed by atoms with E-state index in [1.165, 1.54) is 109 Å². The molecule has 0 radical (unpaired) electrons. The van der Waals surface area contributed by atoms with Crippen molar-refractivity contribution in [1.82, 2.24) is 0 Å². The van der Waals surface area contributed by atoms with Crippen LogP contribution in [0.3, 0.4) is 0 Å². The molecule has 2 aliphatic rings. The minimum absolute atomic E-state index is 0.750. The molecule has 3 heteroatoms. The lowest BCUT2D eigenvalue weighted by atomic mass is 9.70. The SMILES string of the molecule is c1ccc(-c2ccc(N(c3ccc4c(c3)C3(c5ccccc5-c5c(-c6ccccc6)sc(-c6ccccc6)c53)c3cccc(N(c5ccc(-c6ccccc6)cc5)c5cccc6ccccc56)c3-4)c3cccc4ccccc34)cc2)cc1. The predicted molar refractivity (Wildman–Crippen MR) is 347 cm³/mol. The number of thiophene rings is 1. The van der Waals surface area contributed by atoms with Crippen LogP contribution in [0.1, 0.15) is 22.3 Å². The third-order valence-electron chi connectivity index (χ3n) is 17.1. The van der Waals surface area contributed by atoms with Crippen molar-refractivity contribution in [3.05, 3.63) is 338 Å². The Bertz CT molecular complexity index is 4710. The maximum atomic E-state index is 2.56. The lowest BCUT2D eigenvalue weighted by Gasteiger charge is -2.33. The molecule has 0 aliphatic heterocycles. The molecule has 1 heterocycles. The number of hydrogen-bond acceptors (Lipinski definition) is 3. The molecule has 82 heavy (non-hydrogen) atoms. The van der Waals surface area contributed by atoms with E-state index in [9.17, 15) is 0 Å². The highest BCUT2D eigenvalue weighted by Crippen LogP contribution is 2.70. The van der Waals surface area contributed by atoms with Crippen LogP contribution in [0.5, 0.6) is 0 Å². The third-order valence-corrected chi connectivity index (χ3v) is 18.3. The summed E-state index contributed by atoms with van der Waals surface area (Å²) in [6, 6.07) is 117. The first kappa shape index (κ1) is 47.7. The first-order valence-corrected chi connectivity index (χ1v) is 29.1. The van der Waals surface area contributed by atoms with Crippen molar-refractivity contribution >= 4 is 67.0 Å². The topological polar surface area (TPSA) is 6.48 Å². The van der Waals surface area contributed by atoms with Gasteiger partial charge in [0.05, 0.1) is 22.5 Å². The van der Waals surface area contributed by atoms with Crippen molar-refractivity contribution in [2.24, 2.45) is 0 Å². The third kappa shape index (κ3) is 7.48. The molecule has 1 unspecified atom stereocenters. The smallest absolute Gasteiger partial charge is 0.0741 e. The van der Waals surface area contributed by atoms with Gasteiger partial charge in [0.15, 0.2) is 0 Å². The van der Waals surface area contributed by atoms with Crippen LogP contribution >= 0.6 is 11.3 Å². The Morgan fingerprint density at radius 3 is 1.27 bits per heavy atom. The molecule has 0 N–H and O–H groups in total. The molecular weight excluding hydrogens is 1010 g/mol. The highest BCUT2D eigenvalue weighted by Gasteiger charge is 2.55. The van der Waals surface area contributed by atoms with Crippen molar-refractivity contribution in [2.75, 3.05) is 9.80 Å². The summed E-state index contributed by atoms with van der Waals surface area (Å²) in [6.07, 6.45) is 0. The number of anilines is 6. The van der Waals surface area contributed by atoms with Crippen molar-refractivity contribution in [3.8, 4) is 65.4 Å². The van der Waals surface area contributed by atoms with E-state index in [0.29, 0.717) is 0 Å². The van der Waals surface area contributed by atoms with Gasteiger partial charge < -0.3 is 9.80 Å². The van der Waals surface area contributed by atoms with Crippen LogP contribution in [0.25, 0.3) is 86.9 Å². The Labute approximate surface area is 482 Å². The van der Waals surface area contributed by atoms with Crippen LogP contribution in [0, 0.1) is 0 Å². The van der Waals surface area contributed by atoms with E-state index >= 15 is 0 Å². The van der Waals surface area contributed by atoms with Gasteiger partial charge in [-0.2, -0.15) is 0 Å². The van der Waals surface area contributed by atoms with Crippen molar-refractivity contribution in [2.45, 2.75) is 5.41 Å². The van der Waals surface area contributed by atoms with Gasteiger partial charge in [0, 0.05) is 48.7 Å². The fraction of sp³-hybridized carbons (Fsp3) is 0.0127. The Balaban J connectivity index is 1.02. The molecule has 1 atom stereocenters. The van der Waals surface area contributed by atoms with Gasteiger partial charge in [0.25, 0.3) is 0 Å². The summed E-state index contributed by atoms with van der Waals surface area (Å²) in [4.78, 5) is 7.60. The molecule has 0 bridgehead atoms. The van der Waals surface area contributed by atoms with Gasteiger partial charge in [-0.15, -0.1) is 11.3 Å². The molecule has 384 valence electrons. The fourth-order valence-corrected chi connectivity index (χ4v) is 14.9. The van der Waals surface area contributed by atoms with E-state index in [1.807, 2.05) is 11.3 Å². The lowest BCUT2D eigenvalue weighted by molar-refractivity contribution is 0.798. The van der Waals surface area contributed by atoms with E-state index in [0.717, 1.165) is 34.1 Å². The summed E-state index contributed by atoms with van der Waals surface area (Å²) in [7, 11) is 0. The summed E-state index contributed by atoms with van der Waals surface area (Å²) in [6.45, 7) is 0. The van der Waals surface area contributed by atoms with Crippen LogP contribution in [-0.2, 0) is 5.41 Å². The molecule has 2 nitrogen and oxygen atoms in total. The summed E-state index contributed by atoms with van der Waals surface area (Å²) in [5, 5.41) is 4.76. The molecule has 0 saturated carbocycles. The van der Waals surface area contributed by atoms with E-state index in [-0.39, 0.29) is 0 Å². The average molecular weight is 1060 g/mol. The first-order valence-electron chi connectivity index (χ1n) is 28.2. The van der Waals surface area contributed by atoms with Gasteiger partial charge >= 0.3 is 0 Å². The number of hydrogen-bond donors (Lipinski definition) is 0. The van der Waals surface area contributed by atoms with E-state index in [2.05, 4.69) is 325 Å². The van der Waals surface area contributed by atoms with Gasteiger partial charge in [-0.25, -0.2) is 0 Å². The van der Waals surface area contributed by atoms with Crippen molar-refractivity contribution in [1.29, 1.82) is 0 Å². The molecule has 13 aromatic carbocycles. The highest BCUT2D eigenvalue weighted by atomic mass is 32.1. The largest absolute Gasteiger partial charge is 0.310 e. The lowest BCUT2D eigenvalue weighted by Crippen LogP contribution is -2.26. The van der Waals surface area contributed by atoms with Gasteiger partial charge in [-0.3, -0.25) is 0 Å². The molecule has 0 amide bonds. The number of nitrogens with zero attached hydrogens (tertiary/aromatic N) is 2. The van der Waals surface area contributed by atoms with Crippen molar-refractivity contribution < 1.29 is 0 Å². The molecular formula is C79H52N2S. The Morgan fingerprint density at radius 1 is 0.256 bits per heavy atom. The van der Waals surface area contributed by atoms with Crippen LogP contribution in [0.15, 0.2) is 315 Å². The van der Waals surface area contributed by atoms with Gasteiger partial charge in [0.2, 0.25) is 0 Å². The molecule has 0 fully saturated rings. The minimum Gasteiger partial charge on any atom is -0.310 e. The number of fused-ring (bicyclic) bond motifs is 12. The van der Waals surface area contributed by atoms with Crippen LogP contribution in [-0.4, -0.2) is 0 Å². The maximum Gasteiger partial charge on any atom is 0.0741 e. The second kappa shape index (κ2) is 19.5. The van der Waals surface area contributed by atoms with Crippen LogP contribution in [0.4, 0.5) is 34.1 Å². The van der Waals surface area contributed by atoms with Gasteiger partial charge in [-0.05, 0) is 132 Å². The molecule has 14 aromatic rings. The Hall–Kier alpha value is -10.3. The summed E-state index contributed by atoms with van der Waals surface area (Å²) < 4.78 is 0. The zero-order valence-corrected chi connectivity index (χ0v) is 45.6. The second-order valence-corrected chi connectivity index (χ2v) is 22.5.